The number of hydrogen-bond donors (Lipinski definition) is 2. The molecule has 0 aliphatic heterocycles. The zero-order valence-electron chi connectivity index (χ0n) is 16.0. The van der Waals surface area contributed by atoms with Gasteiger partial charge < -0.3 is 20.5 Å². The molecular formula is C22H26N2O4. The Morgan fingerprint density at radius 1 is 1.14 bits per heavy atom. The molecule has 0 aromatic heterocycles. The number of rotatable bonds is 7. The minimum Gasteiger partial charge on any atom is -0.482 e. The number of nitrogens with two attached hydrogens (primary N) is 1. The molecule has 1 aliphatic rings. The molecule has 1 saturated carbocycles. The van der Waals surface area contributed by atoms with Gasteiger partial charge >= 0.3 is 5.97 Å². The summed E-state index contributed by atoms with van der Waals surface area (Å²) in [5.74, 6) is -0.364. The van der Waals surface area contributed by atoms with Gasteiger partial charge in [-0.1, -0.05) is 30.3 Å². The van der Waals surface area contributed by atoms with E-state index in [2.05, 4.69) is 5.32 Å². The Balaban J connectivity index is 1.56. The summed E-state index contributed by atoms with van der Waals surface area (Å²) >= 11 is 0. The Bertz CT molecular complexity index is 817. The summed E-state index contributed by atoms with van der Waals surface area (Å²) in [5.41, 5.74) is 7.66. The molecule has 1 atom stereocenters. The van der Waals surface area contributed by atoms with Gasteiger partial charge in [0.2, 0.25) is 0 Å². The summed E-state index contributed by atoms with van der Waals surface area (Å²) in [7, 11) is 0. The fraction of sp³-hybridized carbons (Fsp3) is 0.364. The molecule has 0 saturated heterocycles. The standard InChI is InChI=1S/C22H26N2O4/c1-15(16-7-3-2-4-8-16)24-21(25)14-27-20-13-17(11-12-19(20)23)22(26)28-18-9-5-6-10-18/h2-4,7-8,11-13,15,18H,5-6,9-10,14,23H2,1H3,(H,24,25). The summed E-state index contributed by atoms with van der Waals surface area (Å²) in [6, 6.07) is 14.3. The third-order valence-corrected chi connectivity index (χ3v) is 4.86. The van der Waals surface area contributed by atoms with E-state index in [1.807, 2.05) is 37.3 Å². The van der Waals surface area contributed by atoms with Crippen LogP contribution in [0.1, 0.15) is 54.6 Å². The van der Waals surface area contributed by atoms with Gasteiger partial charge in [-0.3, -0.25) is 4.79 Å². The van der Waals surface area contributed by atoms with Crippen LogP contribution in [0, 0.1) is 0 Å². The first kappa shape index (κ1) is 19.7. The van der Waals surface area contributed by atoms with Crippen molar-refractivity contribution < 1.29 is 19.1 Å². The average Bonchev–Trinajstić information content (AvgIpc) is 3.21. The monoisotopic (exact) mass is 382 g/mol. The highest BCUT2D eigenvalue weighted by atomic mass is 16.5. The van der Waals surface area contributed by atoms with Crippen molar-refractivity contribution in [3.63, 3.8) is 0 Å². The number of benzene rings is 2. The van der Waals surface area contributed by atoms with Crippen LogP contribution in [0.3, 0.4) is 0 Å². The van der Waals surface area contributed by atoms with Gasteiger partial charge in [0.05, 0.1) is 17.3 Å². The second kappa shape index (κ2) is 9.26. The maximum absolute atomic E-state index is 12.3. The highest BCUT2D eigenvalue weighted by Crippen LogP contribution is 2.26. The first-order valence-electron chi connectivity index (χ1n) is 9.60. The molecule has 1 fully saturated rings. The van der Waals surface area contributed by atoms with Crippen molar-refractivity contribution in [1.82, 2.24) is 5.32 Å². The van der Waals surface area contributed by atoms with Crippen molar-refractivity contribution in [3.05, 3.63) is 59.7 Å². The van der Waals surface area contributed by atoms with Crippen molar-refractivity contribution in [2.24, 2.45) is 0 Å². The molecule has 2 aromatic carbocycles. The third-order valence-electron chi connectivity index (χ3n) is 4.86. The van der Waals surface area contributed by atoms with Crippen LogP contribution in [0.15, 0.2) is 48.5 Å². The summed E-state index contributed by atoms with van der Waals surface area (Å²) < 4.78 is 11.1. The Labute approximate surface area is 165 Å². The van der Waals surface area contributed by atoms with Crippen molar-refractivity contribution in [1.29, 1.82) is 0 Å². The first-order chi connectivity index (χ1) is 13.5. The van der Waals surface area contributed by atoms with E-state index in [0.29, 0.717) is 17.0 Å². The molecule has 0 bridgehead atoms. The van der Waals surface area contributed by atoms with Crippen molar-refractivity contribution >= 4 is 17.6 Å². The number of esters is 1. The Morgan fingerprint density at radius 2 is 1.86 bits per heavy atom. The zero-order chi connectivity index (χ0) is 19.9. The van der Waals surface area contributed by atoms with Crippen LogP contribution in [0.25, 0.3) is 0 Å². The molecule has 1 amide bonds. The van der Waals surface area contributed by atoms with E-state index in [9.17, 15) is 9.59 Å². The largest absolute Gasteiger partial charge is 0.482 e. The predicted molar refractivity (Wildman–Crippen MR) is 107 cm³/mol. The van der Waals surface area contributed by atoms with Crippen molar-refractivity contribution in [2.45, 2.75) is 44.8 Å². The molecule has 1 unspecified atom stereocenters. The fourth-order valence-corrected chi connectivity index (χ4v) is 3.26. The summed E-state index contributed by atoms with van der Waals surface area (Å²) in [4.78, 5) is 24.5. The Morgan fingerprint density at radius 3 is 2.57 bits per heavy atom. The van der Waals surface area contributed by atoms with Gasteiger partial charge in [0.1, 0.15) is 11.9 Å². The molecule has 3 rings (SSSR count). The van der Waals surface area contributed by atoms with Gasteiger partial charge in [-0.2, -0.15) is 0 Å². The SMILES string of the molecule is CC(NC(=O)COc1cc(C(=O)OC2CCCC2)ccc1N)c1ccccc1. The number of carbonyl (C=O) groups excluding carboxylic acids is 2. The molecule has 3 N–H and O–H groups in total. The minimum absolute atomic E-state index is 0.0142. The molecule has 6 nitrogen and oxygen atoms in total. The second-order valence-corrected chi connectivity index (χ2v) is 7.05. The normalized spacial score (nSPS) is 15.0. The molecular weight excluding hydrogens is 356 g/mol. The number of ether oxygens (including phenoxy) is 2. The van der Waals surface area contributed by atoms with Crippen LogP contribution in [0.2, 0.25) is 0 Å². The Hall–Kier alpha value is -3.02. The predicted octanol–water partition coefficient (Wildman–Crippen LogP) is 3.62. The van der Waals surface area contributed by atoms with Gasteiger partial charge in [-0.25, -0.2) is 4.79 Å². The maximum atomic E-state index is 12.3. The molecule has 28 heavy (non-hydrogen) atoms. The molecule has 6 heteroatoms. The van der Waals surface area contributed by atoms with E-state index in [-0.39, 0.29) is 30.6 Å². The summed E-state index contributed by atoms with van der Waals surface area (Å²) in [6.07, 6.45) is 3.97. The number of nitrogen functional groups attached to an aromatic ring is 1. The first-order valence-corrected chi connectivity index (χ1v) is 9.60. The van der Waals surface area contributed by atoms with Gasteiger partial charge in [-0.05, 0) is 56.4 Å². The second-order valence-electron chi connectivity index (χ2n) is 7.05. The van der Waals surface area contributed by atoms with E-state index in [4.69, 9.17) is 15.2 Å². The van der Waals surface area contributed by atoms with E-state index in [1.165, 1.54) is 6.07 Å². The summed E-state index contributed by atoms with van der Waals surface area (Å²) in [6.45, 7) is 1.71. The van der Waals surface area contributed by atoms with E-state index in [0.717, 1.165) is 31.2 Å². The zero-order valence-corrected chi connectivity index (χ0v) is 16.0. The van der Waals surface area contributed by atoms with Crippen LogP contribution in [0.4, 0.5) is 5.69 Å². The lowest BCUT2D eigenvalue weighted by molar-refractivity contribution is -0.123. The van der Waals surface area contributed by atoms with Crippen LogP contribution >= 0.6 is 0 Å². The number of hydrogen-bond acceptors (Lipinski definition) is 5. The quantitative estimate of drug-likeness (QED) is 0.564. The van der Waals surface area contributed by atoms with Crippen LogP contribution in [0.5, 0.6) is 5.75 Å². The highest BCUT2D eigenvalue weighted by Gasteiger charge is 2.21. The molecule has 0 spiro atoms. The van der Waals surface area contributed by atoms with Crippen molar-refractivity contribution in [3.8, 4) is 5.75 Å². The number of carbonyl (C=O) groups is 2. The number of anilines is 1. The molecule has 1 aliphatic carbocycles. The van der Waals surface area contributed by atoms with Gasteiger partial charge in [0.15, 0.2) is 6.61 Å². The lowest BCUT2D eigenvalue weighted by atomic mass is 10.1. The smallest absolute Gasteiger partial charge is 0.338 e. The third kappa shape index (κ3) is 5.25. The van der Waals surface area contributed by atoms with E-state index in [1.54, 1.807) is 12.1 Å². The molecule has 2 aromatic rings. The number of nitrogens with one attached hydrogen (secondary N) is 1. The summed E-state index contributed by atoms with van der Waals surface area (Å²) in [5, 5.41) is 2.88. The molecule has 0 heterocycles. The lowest BCUT2D eigenvalue weighted by Crippen LogP contribution is -2.31. The lowest BCUT2D eigenvalue weighted by Gasteiger charge is -2.16. The average molecular weight is 382 g/mol. The molecule has 0 radical (unpaired) electrons. The van der Waals surface area contributed by atoms with E-state index < -0.39 is 0 Å². The van der Waals surface area contributed by atoms with Gasteiger partial charge in [0, 0.05) is 0 Å². The van der Waals surface area contributed by atoms with Crippen LogP contribution in [-0.2, 0) is 9.53 Å². The minimum atomic E-state index is -0.390. The van der Waals surface area contributed by atoms with E-state index >= 15 is 0 Å². The maximum Gasteiger partial charge on any atom is 0.338 e. The molecule has 148 valence electrons. The number of amides is 1. The topological polar surface area (TPSA) is 90.6 Å². The van der Waals surface area contributed by atoms with Crippen LogP contribution in [-0.4, -0.2) is 24.6 Å². The fourth-order valence-electron chi connectivity index (χ4n) is 3.26. The highest BCUT2D eigenvalue weighted by molar-refractivity contribution is 5.91. The van der Waals surface area contributed by atoms with Gasteiger partial charge in [0.25, 0.3) is 5.91 Å². The van der Waals surface area contributed by atoms with Crippen LogP contribution < -0.4 is 15.8 Å². The van der Waals surface area contributed by atoms with Gasteiger partial charge in [-0.15, -0.1) is 0 Å². The van der Waals surface area contributed by atoms with Crippen molar-refractivity contribution in [2.75, 3.05) is 12.3 Å². The Kier molecular flexibility index (Phi) is 6.53.